The van der Waals surface area contributed by atoms with Crippen molar-refractivity contribution in [1.82, 2.24) is 0 Å². The van der Waals surface area contributed by atoms with Crippen LogP contribution in [0.25, 0.3) is 0 Å². The molecule has 0 N–H and O–H groups in total. The number of rotatable bonds is 7. The van der Waals surface area contributed by atoms with Gasteiger partial charge in [-0.2, -0.15) is 0 Å². The summed E-state index contributed by atoms with van der Waals surface area (Å²) in [5.41, 5.74) is 0.0956. The molecule has 0 saturated heterocycles. The van der Waals surface area contributed by atoms with E-state index in [2.05, 4.69) is 6.58 Å². The Hall–Kier alpha value is -2.30. The predicted octanol–water partition coefficient (Wildman–Crippen LogP) is 1.33. The number of carboxylic acids is 1. The molecule has 1 aromatic rings. The molecule has 2 atom stereocenters. The maximum atomic E-state index is 11.0. The van der Waals surface area contributed by atoms with Crippen LogP contribution in [-0.4, -0.2) is 24.1 Å². The lowest BCUT2D eigenvalue weighted by molar-refractivity contribution is -0.255. The van der Waals surface area contributed by atoms with Crippen LogP contribution in [0.1, 0.15) is 30.6 Å². The molecule has 5 heteroatoms. The molecule has 108 valence electrons. The van der Waals surface area contributed by atoms with E-state index in [4.69, 9.17) is 9.47 Å². The average molecular weight is 277 g/mol. The van der Waals surface area contributed by atoms with Crippen LogP contribution < -0.4 is 9.84 Å². The fourth-order valence-corrected chi connectivity index (χ4v) is 1.71. The molecule has 20 heavy (non-hydrogen) atoms. The van der Waals surface area contributed by atoms with Crippen molar-refractivity contribution in [3.05, 3.63) is 42.5 Å². The Labute approximate surface area is 117 Å². The minimum absolute atomic E-state index is 0.0956. The molecule has 0 radical (unpaired) electrons. The summed E-state index contributed by atoms with van der Waals surface area (Å²) < 4.78 is 10.6. The van der Waals surface area contributed by atoms with Gasteiger partial charge >= 0.3 is 5.97 Å². The van der Waals surface area contributed by atoms with Gasteiger partial charge in [-0.25, -0.2) is 4.79 Å². The standard InChI is InChI=1S/C15H18O5/c1-4-14(16)20-11(3)9-10(2)19-13-7-5-12(6-8-13)15(17)18/h4-8,10-11H,1,9H2,2-3H3,(H,17,18)/p-1/t10-,11+/m0/s1. The molecule has 0 amide bonds. The van der Waals surface area contributed by atoms with E-state index in [1.165, 1.54) is 12.1 Å². The summed E-state index contributed by atoms with van der Waals surface area (Å²) in [6.45, 7) is 6.93. The molecule has 0 spiro atoms. The molecular weight excluding hydrogens is 260 g/mol. The zero-order valence-corrected chi connectivity index (χ0v) is 11.5. The molecule has 1 aromatic carbocycles. The van der Waals surface area contributed by atoms with E-state index in [1.807, 2.05) is 6.92 Å². The second kappa shape index (κ2) is 7.33. The van der Waals surface area contributed by atoms with Gasteiger partial charge < -0.3 is 19.4 Å². The van der Waals surface area contributed by atoms with Crippen LogP contribution in [-0.2, 0) is 9.53 Å². The first-order valence-electron chi connectivity index (χ1n) is 6.23. The lowest BCUT2D eigenvalue weighted by atomic mass is 10.2. The second-order valence-electron chi connectivity index (χ2n) is 4.43. The molecule has 0 aliphatic carbocycles. The number of benzene rings is 1. The SMILES string of the molecule is C=CC(=O)O[C@H](C)C[C@H](C)Oc1ccc(C(=O)[O-])cc1. The van der Waals surface area contributed by atoms with E-state index >= 15 is 0 Å². The van der Waals surface area contributed by atoms with Crippen LogP contribution in [0.2, 0.25) is 0 Å². The first kappa shape index (κ1) is 15.8. The van der Waals surface area contributed by atoms with Gasteiger partial charge in [-0.05, 0) is 43.7 Å². The van der Waals surface area contributed by atoms with E-state index in [-0.39, 0.29) is 17.8 Å². The molecule has 0 bridgehead atoms. The molecule has 1 rings (SSSR count). The van der Waals surface area contributed by atoms with Gasteiger partial charge in [0.1, 0.15) is 11.9 Å². The molecule has 0 aliphatic rings. The molecule has 5 nitrogen and oxygen atoms in total. The van der Waals surface area contributed by atoms with Crippen molar-refractivity contribution >= 4 is 11.9 Å². The van der Waals surface area contributed by atoms with Crippen LogP contribution in [0.4, 0.5) is 0 Å². The summed E-state index contributed by atoms with van der Waals surface area (Å²) in [5, 5.41) is 10.6. The Morgan fingerprint density at radius 2 is 1.85 bits per heavy atom. The van der Waals surface area contributed by atoms with Crippen LogP contribution in [0.5, 0.6) is 5.75 Å². The van der Waals surface area contributed by atoms with E-state index in [0.29, 0.717) is 12.2 Å². The number of aromatic carboxylic acids is 1. The van der Waals surface area contributed by atoms with Crippen molar-refractivity contribution in [1.29, 1.82) is 0 Å². The Kier molecular flexibility index (Phi) is 5.77. The van der Waals surface area contributed by atoms with Crippen molar-refractivity contribution in [3.63, 3.8) is 0 Å². The summed E-state index contributed by atoms with van der Waals surface area (Å²) >= 11 is 0. The molecule has 0 heterocycles. The predicted molar refractivity (Wildman–Crippen MR) is 71.2 cm³/mol. The highest BCUT2D eigenvalue weighted by atomic mass is 16.5. The van der Waals surface area contributed by atoms with Crippen LogP contribution in [0.3, 0.4) is 0 Å². The second-order valence-corrected chi connectivity index (χ2v) is 4.43. The maximum absolute atomic E-state index is 11.0. The lowest BCUT2D eigenvalue weighted by Gasteiger charge is -2.19. The Morgan fingerprint density at radius 1 is 1.25 bits per heavy atom. The number of esters is 1. The molecular formula is C15H17O5-. The molecule has 0 aromatic heterocycles. The van der Waals surface area contributed by atoms with Gasteiger partial charge in [0.05, 0.1) is 12.1 Å². The number of carbonyl (C=O) groups excluding carboxylic acids is 2. The van der Waals surface area contributed by atoms with Gasteiger partial charge in [-0.1, -0.05) is 6.58 Å². The van der Waals surface area contributed by atoms with Crippen LogP contribution in [0.15, 0.2) is 36.9 Å². The number of hydrogen-bond acceptors (Lipinski definition) is 5. The summed E-state index contributed by atoms with van der Waals surface area (Å²) in [4.78, 5) is 21.6. The van der Waals surface area contributed by atoms with Crippen molar-refractivity contribution in [2.75, 3.05) is 0 Å². The molecule has 0 saturated carbocycles. The summed E-state index contributed by atoms with van der Waals surface area (Å²) in [5.74, 6) is -1.15. The molecule has 0 unspecified atom stereocenters. The largest absolute Gasteiger partial charge is 0.545 e. The summed E-state index contributed by atoms with van der Waals surface area (Å²) in [7, 11) is 0. The van der Waals surface area contributed by atoms with Crippen LogP contribution in [0, 0.1) is 0 Å². The van der Waals surface area contributed by atoms with Gasteiger partial charge in [-0.15, -0.1) is 0 Å². The van der Waals surface area contributed by atoms with Gasteiger partial charge in [-0.3, -0.25) is 0 Å². The Bertz CT molecular complexity index is 478. The monoisotopic (exact) mass is 277 g/mol. The maximum Gasteiger partial charge on any atom is 0.330 e. The van der Waals surface area contributed by atoms with Gasteiger partial charge in [0.2, 0.25) is 0 Å². The van der Waals surface area contributed by atoms with Crippen molar-refractivity contribution < 1.29 is 24.2 Å². The highest BCUT2D eigenvalue weighted by Crippen LogP contribution is 2.16. The zero-order chi connectivity index (χ0) is 15.1. The summed E-state index contributed by atoms with van der Waals surface area (Å²) in [6.07, 6.45) is 1.15. The number of ether oxygens (including phenoxy) is 2. The third-order valence-corrected chi connectivity index (χ3v) is 2.58. The fourth-order valence-electron chi connectivity index (χ4n) is 1.71. The van der Waals surface area contributed by atoms with E-state index in [0.717, 1.165) is 6.08 Å². The van der Waals surface area contributed by atoms with E-state index in [9.17, 15) is 14.7 Å². The lowest BCUT2D eigenvalue weighted by Crippen LogP contribution is -2.23. The average Bonchev–Trinajstić information content (AvgIpc) is 2.38. The molecule has 0 aliphatic heterocycles. The smallest absolute Gasteiger partial charge is 0.330 e. The quantitative estimate of drug-likeness (QED) is 0.555. The normalized spacial score (nSPS) is 13.1. The van der Waals surface area contributed by atoms with Gasteiger partial charge in [0.25, 0.3) is 0 Å². The Morgan fingerprint density at radius 3 is 2.35 bits per heavy atom. The minimum atomic E-state index is -1.23. The van der Waals surface area contributed by atoms with Crippen LogP contribution >= 0.6 is 0 Å². The third kappa shape index (κ3) is 5.14. The van der Waals surface area contributed by atoms with Crippen molar-refractivity contribution in [2.24, 2.45) is 0 Å². The number of carboxylic acid groups (broad SMARTS) is 1. The first-order chi connectivity index (χ1) is 9.42. The van der Waals surface area contributed by atoms with Crippen molar-refractivity contribution in [3.8, 4) is 5.75 Å². The zero-order valence-electron chi connectivity index (χ0n) is 11.5. The van der Waals surface area contributed by atoms with Crippen molar-refractivity contribution in [2.45, 2.75) is 32.5 Å². The first-order valence-corrected chi connectivity index (χ1v) is 6.23. The summed E-state index contributed by atoms with van der Waals surface area (Å²) in [6, 6.07) is 5.95. The molecule has 0 fully saturated rings. The highest BCUT2D eigenvalue weighted by Gasteiger charge is 2.13. The van der Waals surface area contributed by atoms with Gasteiger partial charge in [0, 0.05) is 12.5 Å². The topological polar surface area (TPSA) is 75.7 Å². The Balaban J connectivity index is 2.49. The van der Waals surface area contributed by atoms with Gasteiger partial charge in [0.15, 0.2) is 0 Å². The number of carbonyl (C=O) groups is 2. The van der Waals surface area contributed by atoms with E-state index < -0.39 is 11.9 Å². The third-order valence-electron chi connectivity index (χ3n) is 2.58. The fraction of sp³-hybridized carbons (Fsp3) is 0.333. The minimum Gasteiger partial charge on any atom is -0.545 e. The van der Waals surface area contributed by atoms with E-state index in [1.54, 1.807) is 19.1 Å². The highest BCUT2D eigenvalue weighted by molar-refractivity contribution is 5.85. The number of hydrogen-bond donors (Lipinski definition) is 0.